The molecule has 0 N–H and O–H groups in total. The van der Waals surface area contributed by atoms with Crippen LogP contribution in [-0.4, -0.2) is 71.6 Å². The Hall–Kier alpha value is -4.00. The van der Waals surface area contributed by atoms with Gasteiger partial charge in [0.05, 0.1) is 62.6 Å². The summed E-state index contributed by atoms with van der Waals surface area (Å²) in [5, 5.41) is 0. The maximum Gasteiger partial charge on any atom is 0.169 e. The minimum atomic E-state index is 0.273. The molecule has 0 spiro atoms. The lowest BCUT2D eigenvalue weighted by atomic mass is 9.87. The monoisotopic (exact) mass is 608 g/mol. The fourth-order valence-electron chi connectivity index (χ4n) is 7.40. The number of ether oxygens (including phenoxy) is 4. The molecule has 0 saturated carbocycles. The zero-order chi connectivity index (χ0) is 31.8. The van der Waals surface area contributed by atoms with Crippen molar-refractivity contribution < 1.29 is 27.9 Å². The summed E-state index contributed by atoms with van der Waals surface area (Å²) in [5.41, 5.74) is 8.05. The Balaban J connectivity index is 1.38. The van der Waals surface area contributed by atoms with Crippen LogP contribution in [-0.2, 0) is 25.7 Å². The Labute approximate surface area is 268 Å². The molecule has 4 aromatic carbocycles. The Kier molecular flexibility index (Phi) is 8.55. The molecule has 0 saturated heterocycles. The second-order valence-corrected chi connectivity index (χ2v) is 13.7. The Morgan fingerprint density at radius 2 is 1.09 bits per heavy atom. The third-order valence-electron chi connectivity index (χ3n) is 10.3. The fraction of sp³-hybridized carbons (Fsp3) is 0.385. The van der Waals surface area contributed by atoms with Crippen LogP contribution in [0.3, 0.4) is 0 Å². The number of hydrogen-bond acceptors (Lipinski definition) is 4. The van der Waals surface area contributed by atoms with Crippen molar-refractivity contribution >= 4 is 0 Å². The van der Waals surface area contributed by atoms with E-state index in [1.165, 1.54) is 27.8 Å². The molecule has 236 valence electrons. The van der Waals surface area contributed by atoms with Gasteiger partial charge in [-0.1, -0.05) is 54.6 Å². The van der Waals surface area contributed by atoms with Crippen LogP contribution in [0.15, 0.2) is 78.9 Å². The van der Waals surface area contributed by atoms with Crippen LogP contribution in [0.4, 0.5) is 0 Å². The lowest BCUT2D eigenvalue weighted by molar-refractivity contribution is -0.923. The molecule has 6 rings (SSSR count). The first-order valence-corrected chi connectivity index (χ1v) is 16.0. The Morgan fingerprint density at radius 1 is 0.556 bits per heavy atom. The molecule has 6 nitrogen and oxygen atoms in total. The number of nitrogens with zero attached hydrogens (tertiary/aromatic N) is 2. The topological polar surface area (TPSA) is 36.9 Å². The maximum absolute atomic E-state index is 6.85. The number of rotatable bonds is 9. The molecule has 45 heavy (non-hydrogen) atoms. The van der Waals surface area contributed by atoms with Crippen LogP contribution in [0.1, 0.15) is 45.5 Å². The normalized spacial score (nSPS) is 19.6. The summed E-state index contributed by atoms with van der Waals surface area (Å²) in [4.78, 5) is 0. The van der Waals surface area contributed by atoms with Crippen LogP contribution < -0.4 is 18.9 Å². The molecule has 6 heteroatoms. The molecule has 0 fully saturated rings. The fourth-order valence-corrected chi connectivity index (χ4v) is 7.40. The van der Waals surface area contributed by atoms with E-state index in [2.05, 4.69) is 94.9 Å². The molecule has 0 aliphatic carbocycles. The average molecular weight is 609 g/mol. The van der Waals surface area contributed by atoms with Gasteiger partial charge in [-0.15, -0.1) is 0 Å². The van der Waals surface area contributed by atoms with Gasteiger partial charge in [0.2, 0.25) is 0 Å². The van der Waals surface area contributed by atoms with Crippen LogP contribution in [0.25, 0.3) is 0 Å². The lowest BCUT2D eigenvalue weighted by Gasteiger charge is -2.43. The third kappa shape index (κ3) is 6.14. The minimum Gasteiger partial charge on any atom is -0.493 e. The highest BCUT2D eigenvalue weighted by Crippen LogP contribution is 2.44. The van der Waals surface area contributed by atoms with Crippen LogP contribution in [0, 0.1) is 0 Å². The van der Waals surface area contributed by atoms with Crippen LogP contribution >= 0.6 is 0 Å². The maximum atomic E-state index is 6.85. The van der Waals surface area contributed by atoms with Gasteiger partial charge in [0.15, 0.2) is 23.0 Å². The minimum absolute atomic E-state index is 0.273. The highest BCUT2D eigenvalue weighted by Gasteiger charge is 2.37. The van der Waals surface area contributed by atoms with Gasteiger partial charge < -0.3 is 27.9 Å². The van der Waals surface area contributed by atoms with Crippen molar-refractivity contribution in [3.05, 3.63) is 112 Å². The summed E-state index contributed by atoms with van der Waals surface area (Å²) in [6.45, 7) is 2.20. The molecule has 0 aromatic heterocycles. The molecule has 0 amide bonds. The van der Waals surface area contributed by atoms with Crippen molar-refractivity contribution in [2.75, 3.05) is 62.6 Å². The molecular weight excluding hydrogens is 560 g/mol. The van der Waals surface area contributed by atoms with Gasteiger partial charge >= 0.3 is 0 Å². The predicted molar refractivity (Wildman–Crippen MR) is 180 cm³/mol. The number of methoxy groups -OCH3 is 3. The van der Waals surface area contributed by atoms with E-state index in [4.69, 9.17) is 18.9 Å². The standard InChI is InChI=1S/C39H48N2O4/c1-40(2)20-18-28-12-8-10-14-31(28)33(40)22-27-16-17-35(42-5)39(23-27)45-36-26-38(44-7)37(43-6)25-30(36)24-34-32-15-11-9-13-29(32)19-21-41(34,3)4/h8-17,23,25-26,33-34H,18-22,24H2,1-7H3/q+2. The molecule has 2 aliphatic heterocycles. The third-order valence-corrected chi connectivity index (χ3v) is 10.3. The number of quaternary nitrogens is 2. The van der Waals surface area contributed by atoms with E-state index >= 15 is 0 Å². The van der Waals surface area contributed by atoms with E-state index < -0.39 is 0 Å². The smallest absolute Gasteiger partial charge is 0.169 e. The number of hydrogen-bond donors (Lipinski definition) is 0. The van der Waals surface area contributed by atoms with E-state index in [0.29, 0.717) is 29.0 Å². The van der Waals surface area contributed by atoms with Gasteiger partial charge in [0.25, 0.3) is 0 Å². The number of fused-ring (bicyclic) bond motifs is 2. The van der Waals surface area contributed by atoms with E-state index in [1.54, 1.807) is 21.3 Å². The summed E-state index contributed by atoms with van der Waals surface area (Å²) in [5.74, 6) is 3.50. The van der Waals surface area contributed by atoms with E-state index in [-0.39, 0.29) is 6.04 Å². The zero-order valence-electron chi connectivity index (χ0n) is 27.9. The van der Waals surface area contributed by atoms with Gasteiger partial charge in [-0.25, -0.2) is 0 Å². The zero-order valence-corrected chi connectivity index (χ0v) is 27.9. The van der Waals surface area contributed by atoms with Gasteiger partial charge in [0.1, 0.15) is 17.8 Å². The predicted octanol–water partition coefficient (Wildman–Crippen LogP) is 7.34. The molecule has 2 aliphatic rings. The van der Waals surface area contributed by atoms with Crippen molar-refractivity contribution in [2.45, 2.75) is 37.8 Å². The molecule has 2 atom stereocenters. The summed E-state index contributed by atoms with van der Waals surface area (Å²) in [6, 6.07) is 28.8. The average Bonchev–Trinajstić information content (AvgIpc) is 3.04. The van der Waals surface area contributed by atoms with Crippen LogP contribution in [0.2, 0.25) is 0 Å². The van der Waals surface area contributed by atoms with Gasteiger partial charge in [-0.3, -0.25) is 0 Å². The first-order chi connectivity index (χ1) is 21.6. The van der Waals surface area contributed by atoms with Crippen molar-refractivity contribution in [3.63, 3.8) is 0 Å². The molecule has 2 heterocycles. The highest BCUT2D eigenvalue weighted by molar-refractivity contribution is 5.54. The number of likely N-dealkylation sites (N-methyl/N-ethyl adjacent to an activating group) is 2. The second-order valence-electron chi connectivity index (χ2n) is 13.7. The molecule has 0 radical (unpaired) electrons. The van der Waals surface area contributed by atoms with Crippen molar-refractivity contribution in [1.29, 1.82) is 0 Å². The summed E-state index contributed by atoms with van der Waals surface area (Å²) < 4.78 is 26.1. The largest absolute Gasteiger partial charge is 0.493 e. The first kappa shape index (κ1) is 31.0. The van der Waals surface area contributed by atoms with Crippen molar-refractivity contribution in [1.82, 2.24) is 0 Å². The second kappa shape index (κ2) is 12.4. The Morgan fingerprint density at radius 3 is 1.67 bits per heavy atom. The van der Waals surface area contributed by atoms with Gasteiger partial charge in [-0.2, -0.15) is 0 Å². The SMILES string of the molecule is COc1cc(CC2c3ccccc3CC[N+]2(C)C)c(Oc2cc(CC3c4ccccc4CC[N+]3(C)C)ccc2OC)cc1OC. The van der Waals surface area contributed by atoms with Crippen molar-refractivity contribution in [3.8, 4) is 28.7 Å². The van der Waals surface area contributed by atoms with Gasteiger partial charge in [-0.05, 0) is 34.9 Å². The molecule has 2 unspecified atom stereocenters. The first-order valence-electron chi connectivity index (χ1n) is 16.0. The lowest BCUT2D eigenvalue weighted by Crippen LogP contribution is -2.48. The van der Waals surface area contributed by atoms with Crippen molar-refractivity contribution in [2.24, 2.45) is 0 Å². The number of benzene rings is 4. The Bertz CT molecular complexity index is 1680. The van der Waals surface area contributed by atoms with Gasteiger partial charge in [0, 0.05) is 48.4 Å². The quantitative estimate of drug-likeness (QED) is 0.186. The summed E-state index contributed by atoms with van der Waals surface area (Å²) in [6.07, 6.45) is 3.90. The highest BCUT2D eigenvalue weighted by atomic mass is 16.5. The van der Waals surface area contributed by atoms with E-state index in [0.717, 1.165) is 59.1 Å². The molecule has 0 bridgehead atoms. The summed E-state index contributed by atoms with van der Waals surface area (Å²) >= 11 is 0. The van der Waals surface area contributed by atoms with E-state index in [1.807, 2.05) is 12.1 Å². The van der Waals surface area contributed by atoms with Crippen LogP contribution in [0.5, 0.6) is 28.7 Å². The summed E-state index contributed by atoms with van der Waals surface area (Å²) in [7, 11) is 14.4. The van der Waals surface area contributed by atoms with E-state index in [9.17, 15) is 0 Å². The molecule has 4 aromatic rings. The molecular formula is C39H48N2O4+2.